The van der Waals surface area contributed by atoms with Crippen molar-refractivity contribution in [2.45, 2.75) is 19.9 Å². The normalized spacial score (nSPS) is 10.6. The van der Waals surface area contributed by atoms with Crippen LogP contribution in [0.1, 0.15) is 12.1 Å². The maximum atomic E-state index is 8.47. The van der Waals surface area contributed by atoms with Gasteiger partial charge in [0, 0.05) is 0 Å². The molecule has 2 aromatic heterocycles. The van der Waals surface area contributed by atoms with E-state index in [0.29, 0.717) is 18.8 Å². The molecule has 0 bridgehead atoms. The second-order valence-corrected chi connectivity index (χ2v) is 3.05. The largest absolute Gasteiger partial charge is 0.383 e. The number of H-pyrrole nitrogens is 1. The number of nitrogens with zero attached hydrogens (tertiary/aromatic N) is 4. The predicted molar refractivity (Wildman–Crippen MR) is 51.3 cm³/mol. The quantitative estimate of drug-likeness (QED) is 0.723. The van der Waals surface area contributed by atoms with Crippen LogP contribution in [0.2, 0.25) is 0 Å². The molecule has 0 amide bonds. The first-order valence-corrected chi connectivity index (χ1v) is 4.28. The summed E-state index contributed by atoms with van der Waals surface area (Å²) in [5, 5.41) is 20.3. The first-order valence-electron chi connectivity index (χ1n) is 4.28. The summed E-state index contributed by atoms with van der Waals surface area (Å²) in [6.07, 6.45) is 0.420. The molecule has 6 nitrogen and oxygen atoms in total. The molecule has 72 valence electrons. The fourth-order valence-electron chi connectivity index (χ4n) is 1.48. The number of nitriles is 1. The summed E-state index contributed by atoms with van der Waals surface area (Å²) in [5.41, 5.74) is 7.24. The van der Waals surface area contributed by atoms with E-state index in [0.717, 1.165) is 16.7 Å². The van der Waals surface area contributed by atoms with E-state index >= 15 is 0 Å². The van der Waals surface area contributed by atoms with Gasteiger partial charge >= 0.3 is 0 Å². The molecule has 0 radical (unpaired) electrons. The van der Waals surface area contributed by atoms with E-state index in [2.05, 4.69) is 21.4 Å². The third kappa shape index (κ3) is 1.10. The molecule has 0 aliphatic carbocycles. The van der Waals surface area contributed by atoms with E-state index in [1.54, 1.807) is 4.68 Å². The monoisotopic (exact) mass is 190 g/mol. The molecule has 3 N–H and O–H groups in total. The molecule has 0 aromatic carbocycles. The Morgan fingerprint density at radius 1 is 1.64 bits per heavy atom. The Kier molecular flexibility index (Phi) is 1.85. The van der Waals surface area contributed by atoms with Crippen molar-refractivity contribution in [3.63, 3.8) is 0 Å². The van der Waals surface area contributed by atoms with Crippen LogP contribution in [0.5, 0.6) is 0 Å². The highest BCUT2D eigenvalue weighted by molar-refractivity contribution is 5.88. The molecule has 0 saturated heterocycles. The van der Waals surface area contributed by atoms with Gasteiger partial charge in [0.1, 0.15) is 5.82 Å². The molecule has 0 aliphatic rings. The van der Waals surface area contributed by atoms with Crippen molar-refractivity contribution in [1.29, 1.82) is 5.26 Å². The average molecular weight is 190 g/mol. The molecule has 0 aliphatic heterocycles. The minimum absolute atomic E-state index is 0.420. The summed E-state index contributed by atoms with van der Waals surface area (Å²) in [4.78, 5) is 0. The van der Waals surface area contributed by atoms with Gasteiger partial charge in [-0.15, -0.1) is 0 Å². The zero-order valence-electron chi connectivity index (χ0n) is 7.78. The smallest absolute Gasteiger partial charge is 0.182 e. The number of nitrogens with two attached hydrogens (primary N) is 1. The Morgan fingerprint density at radius 3 is 3.14 bits per heavy atom. The van der Waals surface area contributed by atoms with Gasteiger partial charge in [0.15, 0.2) is 5.65 Å². The summed E-state index contributed by atoms with van der Waals surface area (Å²) in [5.74, 6) is 0.528. The van der Waals surface area contributed by atoms with E-state index < -0.39 is 0 Å². The molecule has 2 rings (SSSR count). The first kappa shape index (κ1) is 8.56. The summed E-state index contributed by atoms with van der Waals surface area (Å²) >= 11 is 0. The molecular formula is C8H10N6. The highest BCUT2D eigenvalue weighted by Crippen LogP contribution is 2.21. The molecule has 2 heterocycles. The standard InChI is InChI=1S/C8H10N6/c1-5-6-7(10)11-12-8(6)14(13-5)4-2-3-9/h2,4H2,1H3,(H3,10,11,12). The second kappa shape index (κ2) is 3.03. The molecule has 14 heavy (non-hydrogen) atoms. The van der Waals surface area contributed by atoms with Crippen LogP contribution in [-0.2, 0) is 6.54 Å². The van der Waals surface area contributed by atoms with Crippen LogP contribution in [0.4, 0.5) is 5.82 Å². The number of hydrogen-bond acceptors (Lipinski definition) is 4. The van der Waals surface area contributed by atoms with Crippen molar-refractivity contribution in [2.75, 3.05) is 5.73 Å². The van der Waals surface area contributed by atoms with E-state index in [4.69, 9.17) is 11.0 Å². The predicted octanol–water partition coefficient (Wildman–Crippen LogP) is 0.564. The lowest BCUT2D eigenvalue weighted by molar-refractivity contribution is 0.635. The number of anilines is 1. The first-order chi connectivity index (χ1) is 6.74. The zero-order chi connectivity index (χ0) is 10.1. The van der Waals surface area contributed by atoms with Crippen LogP contribution in [0.25, 0.3) is 11.0 Å². The van der Waals surface area contributed by atoms with E-state index in [9.17, 15) is 0 Å². The number of hydrogen-bond donors (Lipinski definition) is 2. The van der Waals surface area contributed by atoms with Crippen LogP contribution in [0.3, 0.4) is 0 Å². The van der Waals surface area contributed by atoms with E-state index in [-0.39, 0.29) is 0 Å². The zero-order valence-corrected chi connectivity index (χ0v) is 7.78. The molecule has 0 spiro atoms. The fraction of sp³-hybridized carbons (Fsp3) is 0.375. The fourth-order valence-corrected chi connectivity index (χ4v) is 1.48. The van der Waals surface area contributed by atoms with Gasteiger partial charge in [-0.2, -0.15) is 15.5 Å². The van der Waals surface area contributed by atoms with Crippen molar-refractivity contribution in [2.24, 2.45) is 0 Å². The number of rotatable bonds is 2. The van der Waals surface area contributed by atoms with Crippen molar-refractivity contribution in [3.05, 3.63) is 5.69 Å². The van der Waals surface area contributed by atoms with Gasteiger partial charge in [-0.1, -0.05) is 0 Å². The Morgan fingerprint density at radius 2 is 2.43 bits per heavy atom. The van der Waals surface area contributed by atoms with Crippen molar-refractivity contribution in [3.8, 4) is 6.07 Å². The highest BCUT2D eigenvalue weighted by atomic mass is 15.3. The molecule has 0 saturated carbocycles. The van der Waals surface area contributed by atoms with Crippen LogP contribution in [0, 0.1) is 18.3 Å². The number of aromatic amines is 1. The molecule has 0 atom stereocenters. The highest BCUT2D eigenvalue weighted by Gasteiger charge is 2.12. The number of aryl methyl sites for hydroxylation is 2. The number of nitrogens with one attached hydrogen (secondary N) is 1. The maximum Gasteiger partial charge on any atom is 0.182 e. The SMILES string of the molecule is Cc1nn(CCC#N)c2n[nH]c(N)c12. The summed E-state index contributed by atoms with van der Waals surface area (Å²) < 4.78 is 1.70. The maximum absolute atomic E-state index is 8.47. The van der Waals surface area contributed by atoms with Crippen molar-refractivity contribution in [1.82, 2.24) is 20.0 Å². The van der Waals surface area contributed by atoms with Gasteiger partial charge in [0.25, 0.3) is 0 Å². The minimum Gasteiger partial charge on any atom is -0.383 e. The Labute approximate surface area is 80.3 Å². The minimum atomic E-state index is 0.420. The van der Waals surface area contributed by atoms with Crippen LogP contribution in [-0.4, -0.2) is 20.0 Å². The van der Waals surface area contributed by atoms with Gasteiger partial charge in [0.05, 0.1) is 30.1 Å². The van der Waals surface area contributed by atoms with E-state index in [1.165, 1.54) is 0 Å². The number of nitrogen functional groups attached to an aromatic ring is 1. The molecule has 2 aromatic rings. The van der Waals surface area contributed by atoms with Gasteiger partial charge in [-0.3, -0.25) is 5.10 Å². The summed E-state index contributed by atoms with van der Waals surface area (Å²) in [6, 6.07) is 2.07. The van der Waals surface area contributed by atoms with Gasteiger partial charge in [-0.25, -0.2) is 4.68 Å². The van der Waals surface area contributed by atoms with Gasteiger partial charge in [0.2, 0.25) is 0 Å². The lowest BCUT2D eigenvalue weighted by Gasteiger charge is -1.94. The summed E-state index contributed by atoms with van der Waals surface area (Å²) in [6.45, 7) is 2.42. The number of fused-ring (bicyclic) bond motifs is 1. The van der Waals surface area contributed by atoms with Crippen molar-refractivity contribution < 1.29 is 0 Å². The average Bonchev–Trinajstić information content (AvgIpc) is 2.67. The molecule has 6 heteroatoms. The van der Waals surface area contributed by atoms with Crippen LogP contribution < -0.4 is 5.73 Å². The Bertz CT molecular complexity index is 500. The lowest BCUT2D eigenvalue weighted by atomic mass is 10.3. The van der Waals surface area contributed by atoms with Crippen molar-refractivity contribution >= 4 is 16.9 Å². The van der Waals surface area contributed by atoms with E-state index in [1.807, 2.05) is 6.92 Å². The Balaban J connectivity index is 2.52. The second-order valence-electron chi connectivity index (χ2n) is 3.05. The van der Waals surface area contributed by atoms with Crippen LogP contribution in [0.15, 0.2) is 0 Å². The molecule has 0 unspecified atom stereocenters. The lowest BCUT2D eigenvalue weighted by Crippen LogP contribution is -2.00. The van der Waals surface area contributed by atoms with Gasteiger partial charge in [-0.05, 0) is 6.92 Å². The molecular weight excluding hydrogens is 180 g/mol. The third-order valence-electron chi connectivity index (χ3n) is 2.09. The topological polar surface area (TPSA) is 96.3 Å². The Hall–Kier alpha value is -2.03. The molecule has 0 fully saturated rings. The summed E-state index contributed by atoms with van der Waals surface area (Å²) in [7, 11) is 0. The third-order valence-corrected chi connectivity index (χ3v) is 2.09. The number of aromatic nitrogens is 4. The van der Waals surface area contributed by atoms with Gasteiger partial charge < -0.3 is 5.73 Å². The van der Waals surface area contributed by atoms with Crippen LogP contribution >= 0.6 is 0 Å².